The number of hydrogen-bond acceptors (Lipinski definition) is 0. The van der Waals surface area contributed by atoms with E-state index in [9.17, 15) is 0 Å². The average molecular weight is 230 g/mol. The van der Waals surface area contributed by atoms with Gasteiger partial charge >= 0.3 is 0 Å². The van der Waals surface area contributed by atoms with Crippen LogP contribution in [0.3, 0.4) is 0 Å². The van der Waals surface area contributed by atoms with E-state index in [-0.39, 0.29) is 0 Å². The fraction of sp³-hybridized carbons (Fsp3) is 0.529. The third kappa shape index (κ3) is 4.38. The average Bonchev–Trinajstić information content (AvgIpc) is 2.26. The molecule has 0 aliphatic carbocycles. The second-order valence-electron chi connectivity index (χ2n) is 5.35. The van der Waals surface area contributed by atoms with Gasteiger partial charge in [-0.3, -0.25) is 0 Å². The standard InChI is InChI=1S/C17H26/c1-6-7-13(2)8-10-15(4)17-11-9-14(3)12-16(17)5/h9,11-13H,4,6-8,10H2,1-3,5H3. The molecule has 0 aromatic heterocycles. The molecule has 0 heteroatoms. The van der Waals surface area contributed by atoms with Crippen LogP contribution in [0.2, 0.25) is 0 Å². The van der Waals surface area contributed by atoms with Gasteiger partial charge < -0.3 is 0 Å². The SMILES string of the molecule is C=C(CCC(C)CCC)c1ccc(C)cc1C. The minimum Gasteiger partial charge on any atom is -0.0952 e. The normalized spacial score (nSPS) is 12.5. The predicted octanol–water partition coefficient (Wildman–Crippen LogP) is 5.53. The van der Waals surface area contributed by atoms with Crippen molar-refractivity contribution in [2.45, 2.75) is 53.4 Å². The molecule has 0 amide bonds. The van der Waals surface area contributed by atoms with E-state index in [0.717, 1.165) is 12.3 Å². The Morgan fingerprint density at radius 2 is 1.94 bits per heavy atom. The third-order valence-corrected chi connectivity index (χ3v) is 3.48. The second kappa shape index (κ2) is 6.64. The highest BCUT2D eigenvalue weighted by atomic mass is 14.1. The molecule has 0 saturated carbocycles. The van der Waals surface area contributed by atoms with Crippen LogP contribution in [-0.4, -0.2) is 0 Å². The van der Waals surface area contributed by atoms with Crippen molar-refractivity contribution in [1.82, 2.24) is 0 Å². The molecule has 1 aromatic carbocycles. The van der Waals surface area contributed by atoms with Gasteiger partial charge in [-0.1, -0.05) is 57.0 Å². The maximum absolute atomic E-state index is 4.25. The zero-order valence-electron chi connectivity index (χ0n) is 11.8. The van der Waals surface area contributed by atoms with Crippen molar-refractivity contribution >= 4 is 5.57 Å². The lowest BCUT2D eigenvalue weighted by Gasteiger charge is -2.13. The summed E-state index contributed by atoms with van der Waals surface area (Å²) in [6.45, 7) is 13.2. The van der Waals surface area contributed by atoms with E-state index in [4.69, 9.17) is 0 Å². The minimum atomic E-state index is 0.822. The van der Waals surface area contributed by atoms with E-state index in [1.165, 1.54) is 41.5 Å². The van der Waals surface area contributed by atoms with E-state index in [0.29, 0.717) is 0 Å². The maximum atomic E-state index is 4.25. The fourth-order valence-corrected chi connectivity index (χ4v) is 2.40. The lowest BCUT2D eigenvalue weighted by Crippen LogP contribution is -1.96. The van der Waals surface area contributed by atoms with Crippen LogP contribution in [-0.2, 0) is 0 Å². The summed E-state index contributed by atoms with van der Waals surface area (Å²) in [6.07, 6.45) is 5.02. The highest BCUT2D eigenvalue weighted by Gasteiger charge is 2.06. The molecule has 1 rings (SSSR count). The van der Waals surface area contributed by atoms with E-state index in [1.807, 2.05) is 0 Å². The molecule has 94 valence electrons. The van der Waals surface area contributed by atoms with Crippen molar-refractivity contribution in [3.05, 3.63) is 41.5 Å². The molecule has 17 heavy (non-hydrogen) atoms. The van der Waals surface area contributed by atoms with Gasteiger partial charge in [0.15, 0.2) is 0 Å². The van der Waals surface area contributed by atoms with Crippen molar-refractivity contribution in [1.29, 1.82) is 0 Å². The zero-order valence-corrected chi connectivity index (χ0v) is 11.8. The van der Waals surface area contributed by atoms with E-state index < -0.39 is 0 Å². The molecule has 0 aliphatic heterocycles. The Hall–Kier alpha value is -1.04. The van der Waals surface area contributed by atoms with E-state index >= 15 is 0 Å². The molecule has 0 saturated heterocycles. The Balaban J connectivity index is 2.58. The predicted molar refractivity (Wildman–Crippen MR) is 78.3 cm³/mol. The summed E-state index contributed by atoms with van der Waals surface area (Å²) in [7, 11) is 0. The second-order valence-corrected chi connectivity index (χ2v) is 5.35. The Morgan fingerprint density at radius 1 is 1.24 bits per heavy atom. The molecule has 0 radical (unpaired) electrons. The molecule has 0 fully saturated rings. The summed E-state index contributed by atoms with van der Waals surface area (Å²) in [5.74, 6) is 0.822. The fourth-order valence-electron chi connectivity index (χ4n) is 2.40. The van der Waals surface area contributed by atoms with Crippen molar-refractivity contribution in [3.63, 3.8) is 0 Å². The molecule has 0 aliphatic rings. The molecule has 1 unspecified atom stereocenters. The van der Waals surface area contributed by atoms with Gasteiger partial charge in [0.05, 0.1) is 0 Å². The van der Waals surface area contributed by atoms with Crippen molar-refractivity contribution < 1.29 is 0 Å². The van der Waals surface area contributed by atoms with Gasteiger partial charge in [0.2, 0.25) is 0 Å². The largest absolute Gasteiger partial charge is 0.0952 e. The first-order valence-electron chi connectivity index (χ1n) is 6.80. The van der Waals surface area contributed by atoms with Gasteiger partial charge in [0, 0.05) is 0 Å². The van der Waals surface area contributed by atoms with Crippen LogP contribution in [0.4, 0.5) is 0 Å². The molecule has 1 atom stereocenters. The van der Waals surface area contributed by atoms with Gasteiger partial charge in [0.1, 0.15) is 0 Å². The summed E-state index contributed by atoms with van der Waals surface area (Å²) in [4.78, 5) is 0. The molecular formula is C17H26. The van der Waals surface area contributed by atoms with E-state index in [2.05, 4.69) is 52.5 Å². The van der Waals surface area contributed by atoms with Crippen LogP contribution in [0.25, 0.3) is 5.57 Å². The highest BCUT2D eigenvalue weighted by Crippen LogP contribution is 2.25. The van der Waals surface area contributed by atoms with Crippen molar-refractivity contribution in [2.24, 2.45) is 5.92 Å². The number of hydrogen-bond donors (Lipinski definition) is 0. The molecule has 0 nitrogen and oxygen atoms in total. The number of allylic oxidation sites excluding steroid dienone is 1. The van der Waals surface area contributed by atoms with Crippen LogP contribution in [0.1, 0.15) is 56.2 Å². The Labute approximate surface area is 107 Å². The Kier molecular flexibility index (Phi) is 5.47. The number of aryl methyl sites for hydroxylation is 2. The van der Waals surface area contributed by atoms with Crippen molar-refractivity contribution in [3.8, 4) is 0 Å². The third-order valence-electron chi connectivity index (χ3n) is 3.48. The first-order valence-corrected chi connectivity index (χ1v) is 6.80. The number of benzene rings is 1. The molecule has 1 aromatic rings. The summed E-state index contributed by atoms with van der Waals surface area (Å²) in [5, 5.41) is 0. The van der Waals surface area contributed by atoms with Crippen LogP contribution < -0.4 is 0 Å². The Bertz CT molecular complexity index is 374. The minimum absolute atomic E-state index is 0.822. The maximum Gasteiger partial charge on any atom is -0.0201 e. The van der Waals surface area contributed by atoms with Gasteiger partial charge in [-0.2, -0.15) is 0 Å². The van der Waals surface area contributed by atoms with Crippen LogP contribution in [0.15, 0.2) is 24.8 Å². The van der Waals surface area contributed by atoms with Crippen LogP contribution in [0, 0.1) is 19.8 Å². The quantitative estimate of drug-likeness (QED) is 0.602. The zero-order chi connectivity index (χ0) is 12.8. The summed E-state index contributed by atoms with van der Waals surface area (Å²) >= 11 is 0. The smallest absolute Gasteiger partial charge is 0.0201 e. The van der Waals surface area contributed by atoms with Gasteiger partial charge in [-0.25, -0.2) is 0 Å². The highest BCUT2D eigenvalue weighted by molar-refractivity contribution is 5.66. The first-order chi connectivity index (χ1) is 8.04. The van der Waals surface area contributed by atoms with Crippen LogP contribution >= 0.6 is 0 Å². The van der Waals surface area contributed by atoms with Gasteiger partial charge in [-0.05, 0) is 49.3 Å². The molecule has 0 heterocycles. The Morgan fingerprint density at radius 3 is 2.53 bits per heavy atom. The first kappa shape index (κ1) is 14.0. The van der Waals surface area contributed by atoms with Gasteiger partial charge in [-0.15, -0.1) is 0 Å². The van der Waals surface area contributed by atoms with Gasteiger partial charge in [0.25, 0.3) is 0 Å². The lowest BCUT2D eigenvalue weighted by molar-refractivity contribution is 0.493. The molecule has 0 spiro atoms. The lowest BCUT2D eigenvalue weighted by atomic mass is 9.92. The molecule has 0 N–H and O–H groups in total. The van der Waals surface area contributed by atoms with Crippen LogP contribution in [0.5, 0.6) is 0 Å². The monoisotopic (exact) mass is 230 g/mol. The summed E-state index contributed by atoms with van der Waals surface area (Å²) in [5.41, 5.74) is 5.33. The number of rotatable bonds is 6. The summed E-state index contributed by atoms with van der Waals surface area (Å²) < 4.78 is 0. The van der Waals surface area contributed by atoms with E-state index in [1.54, 1.807) is 0 Å². The van der Waals surface area contributed by atoms with Crippen molar-refractivity contribution in [2.75, 3.05) is 0 Å². The molecular weight excluding hydrogens is 204 g/mol. The molecule has 0 bridgehead atoms. The topological polar surface area (TPSA) is 0 Å². The summed E-state index contributed by atoms with van der Waals surface area (Å²) in [6, 6.07) is 6.65.